The molecule has 4 rings (SSSR count). The van der Waals surface area contributed by atoms with Crippen molar-refractivity contribution in [2.75, 3.05) is 11.1 Å². The molecule has 3 aromatic rings. The van der Waals surface area contributed by atoms with Crippen LogP contribution in [0, 0.1) is 5.92 Å². The molecule has 0 aliphatic heterocycles. The van der Waals surface area contributed by atoms with Crippen LogP contribution in [-0.2, 0) is 23.8 Å². The highest BCUT2D eigenvalue weighted by molar-refractivity contribution is 7.99. The number of carbonyl (C=O) groups excluding carboxylic acids is 1. The predicted molar refractivity (Wildman–Crippen MR) is 131 cm³/mol. The molecule has 1 amide bonds. The molecule has 0 fully saturated rings. The molecule has 2 aromatic heterocycles. The largest absolute Gasteiger partial charge is 0.416 e. The second kappa shape index (κ2) is 9.91. The Morgan fingerprint density at radius 3 is 2.82 bits per heavy atom. The molecule has 1 N–H and O–H groups in total. The van der Waals surface area contributed by atoms with Crippen LogP contribution < -0.4 is 5.32 Å². The minimum atomic E-state index is -4.53. The molecular formula is C23H24ClF3N4OS2. The highest BCUT2D eigenvalue weighted by Crippen LogP contribution is 2.39. The Hall–Kier alpha value is -2.04. The molecule has 34 heavy (non-hydrogen) atoms. The molecule has 0 saturated carbocycles. The van der Waals surface area contributed by atoms with Gasteiger partial charge in [0.05, 0.1) is 22.0 Å². The van der Waals surface area contributed by atoms with E-state index in [4.69, 9.17) is 11.6 Å². The Morgan fingerprint density at radius 1 is 1.35 bits per heavy atom. The van der Waals surface area contributed by atoms with Gasteiger partial charge in [0.2, 0.25) is 5.91 Å². The fourth-order valence-corrected chi connectivity index (χ4v) is 6.28. The Bertz CT molecular complexity index is 1210. The molecule has 11 heteroatoms. The molecule has 1 atom stereocenters. The molecular weight excluding hydrogens is 505 g/mol. The van der Waals surface area contributed by atoms with Gasteiger partial charge in [0.15, 0.2) is 11.0 Å². The van der Waals surface area contributed by atoms with Crippen LogP contribution in [0.5, 0.6) is 0 Å². The van der Waals surface area contributed by atoms with Crippen LogP contribution in [0.25, 0.3) is 11.4 Å². The van der Waals surface area contributed by atoms with Crippen LogP contribution in [0.4, 0.5) is 18.9 Å². The lowest BCUT2D eigenvalue weighted by Crippen LogP contribution is -2.16. The fourth-order valence-electron chi connectivity index (χ4n) is 4.00. The van der Waals surface area contributed by atoms with Crippen LogP contribution in [0.15, 0.2) is 28.7 Å². The maximum absolute atomic E-state index is 13.0. The van der Waals surface area contributed by atoms with Gasteiger partial charge in [-0.05, 0) is 62.8 Å². The normalized spacial score (nSPS) is 16.1. The zero-order valence-corrected chi connectivity index (χ0v) is 21.3. The summed E-state index contributed by atoms with van der Waals surface area (Å²) in [5.41, 5.74) is 1.48. The van der Waals surface area contributed by atoms with Gasteiger partial charge in [-0.2, -0.15) is 13.2 Å². The van der Waals surface area contributed by atoms with Crippen molar-refractivity contribution >= 4 is 46.3 Å². The lowest BCUT2D eigenvalue weighted by molar-refractivity contribution is -0.137. The number of aromatic nitrogens is 3. The van der Waals surface area contributed by atoms with Crippen LogP contribution in [0.3, 0.4) is 0 Å². The number of nitrogens with one attached hydrogen (secondary N) is 1. The van der Waals surface area contributed by atoms with Crippen molar-refractivity contribution in [1.82, 2.24) is 14.8 Å². The van der Waals surface area contributed by atoms with Crippen molar-refractivity contribution in [3.05, 3.63) is 44.6 Å². The first-order valence-electron chi connectivity index (χ1n) is 10.9. The number of alkyl halides is 3. The number of hydrogen-bond donors (Lipinski definition) is 1. The van der Waals surface area contributed by atoms with E-state index in [1.807, 2.05) is 18.4 Å². The summed E-state index contributed by atoms with van der Waals surface area (Å²) in [5, 5.41) is 14.0. The Labute approximate surface area is 209 Å². The zero-order chi connectivity index (χ0) is 24.6. The third-order valence-electron chi connectivity index (χ3n) is 5.72. The Balaban J connectivity index is 1.51. The standard InChI is InChI=1S/C23H24ClF3N4OS2/c1-12(2)31-21(16-10-33-19-8-13(3)4-6-15(16)19)29-30-22(31)34-11-20(32)28-18-9-14(23(25,26)27)5-7-17(18)24/h5,7,9-10,12-13H,4,6,8,11H2,1-3H3,(H,28,32). The fraction of sp³-hybridized carbons (Fsp3) is 0.435. The first-order chi connectivity index (χ1) is 16.0. The summed E-state index contributed by atoms with van der Waals surface area (Å²) in [5.74, 6) is 0.937. The lowest BCUT2D eigenvalue weighted by atomic mass is 9.88. The summed E-state index contributed by atoms with van der Waals surface area (Å²) < 4.78 is 41.0. The number of carbonyl (C=O) groups is 1. The van der Waals surface area contributed by atoms with Gasteiger partial charge in [-0.25, -0.2) is 0 Å². The molecule has 0 spiro atoms. The minimum Gasteiger partial charge on any atom is -0.324 e. The monoisotopic (exact) mass is 528 g/mol. The lowest BCUT2D eigenvalue weighted by Gasteiger charge is -2.19. The molecule has 0 radical (unpaired) electrons. The number of anilines is 1. The van der Waals surface area contributed by atoms with E-state index in [0.29, 0.717) is 11.1 Å². The van der Waals surface area contributed by atoms with Crippen molar-refractivity contribution in [3.8, 4) is 11.4 Å². The average molecular weight is 529 g/mol. The number of fused-ring (bicyclic) bond motifs is 1. The maximum atomic E-state index is 13.0. The van der Waals surface area contributed by atoms with E-state index in [1.54, 1.807) is 11.3 Å². The van der Waals surface area contributed by atoms with Gasteiger partial charge >= 0.3 is 6.18 Å². The highest BCUT2D eigenvalue weighted by Gasteiger charge is 2.31. The molecule has 5 nitrogen and oxygen atoms in total. The molecule has 1 unspecified atom stereocenters. The number of thioether (sulfide) groups is 1. The SMILES string of the molecule is CC1CCc2c(-c3nnc(SCC(=O)Nc4cc(C(F)(F)F)ccc4Cl)n3C(C)C)csc2C1. The number of hydrogen-bond acceptors (Lipinski definition) is 5. The van der Waals surface area contributed by atoms with Gasteiger partial charge in [-0.1, -0.05) is 30.3 Å². The summed E-state index contributed by atoms with van der Waals surface area (Å²) in [6.07, 6.45) is -1.28. The smallest absolute Gasteiger partial charge is 0.324 e. The second-order valence-corrected chi connectivity index (χ2v) is 11.0. The molecule has 2 heterocycles. The molecule has 0 saturated heterocycles. The van der Waals surface area contributed by atoms with E-state index in [1.165, 1.54) is 22.2 Å². The third-order valence-corrected chi connectivity index (χ3v) is 8.05. The van der Waals surface area contributed by atoms with Crippen LogP contribution >= 0.6 is 34.7 Å². The predicted octanol–water partition coefficient (Wildman–Crippen LogP) is 7.12. The van der Waals surface area contributed by atoms with Crippen molar-refractivity contribution in [2.24, 2.45) is 5.92 Å². The second-order valence-electron chi connectivity index (χ2n) is 8.70. The average Bonchev–Trinajstić information content (AvgIpc) is 3.36. The van der Waals surface area contributed by atoms with E-state index in [2.05, 4.69) is 27.8 Å². The van der Waals surface area contributed by atoms with Crippen LogP contribution in [0.1, 0.15) is 49.2 Å². The van der Waals surface area contributed by atoms with Gasteiger partial charge in [0.1, 0.15) is 0 Å². The third kappa shape index (κ3) is 5.28. The van der Waals surface area contributed by atoms with Crippen molar-refractivity contribution in [2.45, 2.75) is 57.4 Å². The Morgan fingerprint density at radius 2 is 2.12 bits per heavy atom. The number of benzene rings is 1. The van der Waals surface area contributed by atoms with Crippen molar-refractivity contribution < 1.29 is 18.0 Å². The van der Waals surface area contributed by atoms with E-state index < -0.39 is 17.6 Å². The summed E-state index contributed by atoms with van der Waals surface area (Å²) in [6.45, 7) is 6.33. The molecule has 1 aromatic carbocycles. The van der Waals surface area contributed by atoms with E-state index in [0.717, 1.165) is 48.8 Å². The highest BCUT2D eigenvalue weighted by atomic mass is 35.5. The molecule has 182 valence electrons. The number of thiophene rings is 1. The number of rotatable bonds is 6. The summed E-state index contributed by atoms with van der Waals surface area (Å²) in [4.78, 5) is 13.9. The van der Waals surface area contributed by atoms with E-state index in [-0.39, 0.29) is 22.5 Å². The number of amides is 1. The molecule has 0 bridgehead atoms. The minimum absolute atomic E-state index is 0.0375. The van der Waals surface area contributed by atoms with Gasteiger partial charge in [0.25, 0.3) is 0 Å². The summed E-state index contributed by atoms with van der Waals surface area (Å²) >= 11 is 8.94. The van der Waals surface area contributed by atoms with Crippen molar-refractivity contribution in [3.63, 3.8) is 0 Å². The number of halogens is 4. The maximum Gasteiger partial charge on any atom is 0.416 e. The van der Waals surface area contributed by atoms with Crippen LogP contribution in [-0.4, -0.2) is 26.4 Å². The van der Waals surface area contributed by atoms with Gasteiger partial charge in [-0.3, -0.25) is 9.36 Å². The summed E-state index contributed by atoms with van der Waals surface area (Å²) in [6, 6.07) is 2.90. The number of nitrogens with zero attached hydrogens (tertiary/aromatic N) is 3. The first-order valence-corrected chi connectivity index (χ1v) is 13.1. The van der Waals surface area contributed by atoms with Gasteiger partial charge in [0, 0.05) is 21.9 Å². The van der Waals surface area contributed by atoms with E-state index >= 15 is 0 Å². The van der Waals surface area contributed by atoms with E-state index in [9.17, 15) is 18.0 Å². The quantitative estimate of drug-likeness (QED) is 0.346. The zero-order valence-electron chi connectivity index (χ0n) is 18.9. The van der Waals surface area contributed by atoms with Crippen LogP contribution in [0.2, 0.25) is 5.02 Å². The van der Waals surface area contributed by atoms with Gasteiger partial charge < -0.3 is 5.32 Å². The summed E-state index contributed by atoms with van der Waals surface area (Å²) in [7, 11) is 0. The topological polar surface area (TPSA) is 59.8 Å². The van der Waals surface area contributed by atoms with Crippen molar-refractivity contribution in [1.29, 1.82) is 0 Å². The molecule has 1 aliphatic rings. The first kappa shape index (κ1) is 25.1. The Kier molecular flexibility index (Phi) is 7.30. The molecule has 1 aliphatic carbocycles. The van der Waals surface area contributed by atoms with Gasteiger partial charge in [-0.15, -0.1) is 21.5 Å².